The minimum atomic E-state index is 0.0111. The molecule has 8 rings (SSSR count). The van der Waals surface area contributed by atoms with Crippen LogP contribution in [0.5, 0.6) is 0 Å². The van der Waals surface area contributed by atoms with Crippen LogP contribution in [-0.2, 0) is 16.2 Å². The number of fused-ring (bicyclic) bond motifs is 4. The van der Waals surface area contributed by atoms with Crippen LogP contribution in [0.4, 0.5) is 34.1 Å². The third-order valence-electron chi connectivity index (χ3n) is 11.5. The molecule has 266 valence electrons. The van der Waals surface area contributed by atoms with E-state index in [4.69, 9.17) is 0 Å². The van der Waals surface area contributed by atoms with Gasteiger partial charge in [0.1, 0.15) is 0 Å². The summed E-state index contributed by atoms with van der Waals surface area (Å²) in [5.74, 6) is 0. The molecular formula is C50H53BN2. The summed E-state index contributed by atoms with van der Waals surface area (Å²) in [6.07, 6.45) is 0. The first-order chi connectivity index (χ1) is 25.0. The Bertz CT molecular complexity index is 2360. The highest BCUT2D eigenvalue weighted by molar-refractivity contribution is 7.00. The molecule has 3 heteroatoms. The predicted octanol–water partition coefficient (Wildman–Crippen LogP) is 11.9. The molecule has 0 fully saturated rings. The molecular weight excluding hydrogens is 639 g/mol. The Labute approximate surface area is 318 Å². The molecule has 2 nitrogen and oxygen atoms in total. The van der Waals surface area contributed by atoms with Crippen LogP contribution in [0.1, 0.15) is 90.1 Å². The molecule has 0 unspecified atom stereocenters. The fourth-order valence-corrected chi connectivity index (χ4v) is 8.41. The number of anilines is 6. The molecule has 0 atom stereocenters. The average Bonchev–Trinajstić information content (AvgIpc) is 3.10. The predicted molar refractivity (Wildman–Crippen MR) is 231 cm³/mol. The molecule has 0 amide bonds. The normalized spacial score (nSPS) is 13.8. The summed E-state index contributed by atoms with van der Waals surface area (Å²) in [4.78, 5) is 5.07. The first-order valence-corrected chi connectivity index (χ1v) is 19.3. The van der Waals surface area contributed by atoms with E-state index >= 15 is 0 Å². The van der Waals surface area contributed by atoms with E-state index in [1.54, 1.807) is 0 Å². The van der Waals surface area contributed by atoms with Gasteiger partial charge in [0.25, 0.3) is 6.71 Å². The SMILES string of the molecule is Cc1ccc2c(c1)B1c3cc(C)ccc3N(c3ccc(C(C)(C)C)cc3-c3ccc(C(C)(C)C)cc3)c3cccc(c31)N2c1ccc(C(C)(C)C)cc1. The molecule has 0 saturated heterocycles. The van der Waals surface area contributed by atoms with E-state index < -0.39 is 0 Å². The summed E-state index contributed by atoms with van der Waals surface area (Å²) in [5.41, 5.74) is 20.7. The van der Waals surface area contributed by atoms with Gasteiger partial charge >= 0.3 is 0 Å². The van der Waals surface area contributed by atoms with Crippen molar-refractivity contribution in [2.75, 3.05) is 9.80 Å². The number of hydrogen-bond donors (Lipinski definition) is 0. The second-order valence-corrected chi connectivity index (χ2v) is 18.5. The van der Waals surface area contributed by atoms with Crippen molar-refractivity contribution < 1.29 is 0 Å². The molecule has 2 aliphatic heterocycles. The zero-order valence-electron chi connectivity index (χ0n) is 33.5. The van der Waals surface area contributed by atoms with Gasteiger partial charge in [0.15, 0.2) is 0 Å². The topological polar surface area (TPSA) is 6.48 Å². The van der Waals surface area contributed by atoms with Crippen LogP contribution in [0.3, 0.4) is 0 Å². The van der Waals surface area contributed by atoms with Gasteiger partial charge in [0.05, 0.1) is 5.69 Å². The van der Waals surface area contributed by atoms with Crippen molar-refractivity contribution in [3.8, 4) is 11.1 Å². The van der Waals surface area contributed by atoms with Crippen molar-refractivity contribution in [2.24, 2.45) is 0 Å². The van der Waals surface area contributed by atoms with Crippen LogP contribution < -0.4 is 26.2 Å². The van der Waals surface area contributed by atoms with Gasteiger partial charge in [-0.2, -0.15) is 0 Å². The van der Waals surface area contributed by atoms with E-state index in [0.717, 1.165) is 0 Å². The van der Waals surface area contributed by atoms with Crippen molar-refractivity contribution in [1.29, 1.82) is 0 Å². The number of hydrogen-bond acceptors (Lipinski definition) is 2. The highest BCUT2D eigenvalue weighted by atomic mass is 15.2. The second-order valence-electron chi connectivity index (χ2n) is 18.5. The van der Waals surface area contributed by atoms with Crippen LogP contribution in [0, 0.1) is 13.8 Å². The zero-order valence-corrected chi connectivity index (χ0v) is 33.5. The Morgan fingerprint density at radius 1 is 0.415 bits per heavy atom. The third kappa shape index (κ3) is 5.99. The minimum Gasteiger partial charge on any atom is -0.311 e. The largest absolute Gasteiger partial charge is 0.311 e. The summed E-state index contributed by atoms with van der Waals surface area (Å²) < 4.78 is 0. The van der Waals surface area contributed by atoms with Crippen molar-refractivity contribution in [1.82, 2.24) is 0 Å². The fraction of sp³-hybridized carbons (Fsp3) is 0.280. The lowest BCUT2D eigenvalue weighted by Crippen LogP contribution is -2.61. The standard InChI is InChI=1S/C50H53BN2/c1-32-15-26-43-40(29-32)51-41-30-33(2)16-27-44(41)53(46-14-12-13-45(47(46)51)52(43)38-24-21-36(22-25-38)49(6,7)8)42-28-23-37(50(9,10)11)31-39(42)34-17-19-35(20-18-34)48(3,4)5/h12-31H,1-11H3. The smallest absolute Gasteiger partial charge is 0.252 e. The lowest BCUT2D eigenvalue weighted by molar-refractivity contribution is 0.590. The number of benzene rings is 6. The monoisotopic (exact) mass is 692 g/mol. The zero-order chi connectivity index (χ0) is 37.6. The molecule has 2 aliphatic rings. The van der Waals surface area contributed by atoms with Crippen LogP contribution in [0.25, 0.3) is 11.1 Å². The number of rotatable bonds is 3. The van der Waals surface area contributed by atoms with E-state index in [2.05, 4.69) is 207 Å². The van der Waals surface area contributed by atoms with Gasteiger partial charge in [-0.15, -0.1) is 0 Å². The molecule has 6 aromatic carbocycles. The Balaban J connectivity index is 1.41. The highest BCUT2D eigenvalue weighted by Gasteiger charge is 2.43. The molecule has 0 aliphatic carbocycles. The van der Waals surface area contributed by atoms with Crippen LogP contribution in [0.15, 0.2) is 121 Å². The lowest BCUT2D eigenvalue weighted by atomic mass is 9.33. The van der Waals surface area contributed by atoms with Gasteiger partial charge < -0.3 is 9.80 Å². The van der Waals surface area contributed by atoms with Crippen molar-refractivity contribution in [2.45, 2.75) is 92.4 Å². The van der Waals surface area contributed by atoms with Gasteiger partial charge in [-0.05, 0) is 117 Å². The van der Waals surface area contributed by atoms with E-state index in [9.17, 15) is 0 Å². The molecule has 6 aromatic rings. The van der Waals surface area contributed by atoms with Gasteiger partial charge in [-0.3, -0.25) is 0 Å². The van der Waals surface area contributed by atoms with E-state index in [-0.39, 0.29) is 23.0 Å². The average molecular weight is 693 g/mol. The lowest BCUT2D eigenvalue weighted by Gasteiger charge is -2.44. The first kappa shape index (κ1) is 35.0. The first-order valence-electron chi connectivity index (χ1n) is 19.3. The molecule has 0 radical (unpaired) electrons. The Hall–Kier alpha value is -5.02. The summed E-state index contributed by atoms with van der Waals surface area (Å²) in [7, 11) is 0. The summed E-state index contributed by atoms with van der Waals surface area (Å²) >= 11 is 0. The quantitative estimate of drug-likeness (QED) is 0.170. The highest BCUT2D eigenvalue weighted by Crippen LogP contribution is 2.47. The van der Waals surface area contributed by atoms with Crippen molar-refractivity contribution in [3.05, 3.63) is 149 Å². The Morgan fingerprint density at radius 2 is 0.868 bits per heavy atom. The molecule has 0 spiro atoms. The maximum atomic E-state index is 2.56. The van der Waals surface area contributed by atoms with Gasteiger partial charge in [0, 0.05) is 34.0 Å². The van der Waals surface area contributed by atoms with E-state index in [1.165, 1.54) is 89.5 Å². The molecule has 2 heterocycles. The summed E-state index contributed by atoms with van der Waals surface area (Å²) in [6.45, 7) is 25.2. The summed E-state index contributed by atoms with van der Waals surface area (Å²) in [6, 6.07) is 46.8. The fourth-order valence-electron chi connectivity index (χ4n) is 8.41. The van der Waals surface area contributed by atoms with Crippen LogP contribution in [0.2, 0.25) is 0 Å². The van der Waals surface area contributed by atoms with Crippen LogP contribution in [-0.4, -0.2) is 6.71 Å². The van der Waals surface area contributed by atoms with Crippen molar-refractivity contribution in [3.63, 3.8) is 0 Å². The maximum absolute atomic E-state index is 2.56. The second kappa shape index (κ2) is 12.3. The van der Waals surface area contributed by atoms with Crippen LogP contribution >= 0.6 is 0 Å². The van der Waals surface area contributed by atoms with E-state index in [0.29, 0.717) is 0 Å². The summed E-state index contributed by atoms with van der Waals surface area (Å²) in [5, 5.41) is 0. The number of aryl methyl sites for hydroxylation is 2. The molecule has 53 heavy (non-hydrogen) atoms. The molecule has 0 aromatic heterocycles. The van der Waals surface area contributed by atoms with Gasteiger partial charge in [-0.25, -0.2) is 0 Å². The minimum absolute atomic E-state index is 0.0111. The van der Waals surface area contributed by atoms with E-state index in [1.807, 2.05) is 0 Å². The van der Waals surface area contributed by atoms with Gasteiger partial charge in [0.2, 0.25) is 0 Å². The molecule has 0 bridgehead atoms. The Morgan fingerprint density at radius 3 is 1.40 bits per heavy atom. The molecule has 0 N–H and O–H groups in total. The number of nitrogens with zero attached hydrogens (tertiary/aromatic N) is 2. The maximum Gasteiger partial charge on any atom is 0.252 e. The molecule has 0 saturated carbocycles. The van der Waals surface area contributed by atoms with Crippen molar-refractivity contribution >= 4 is 57.2 Å². The Kier molecular flexibility index (Phi) is 8.11. The third-order valence-corrected chi connectivity index (χ3v) is 11.5. The van der Waals surface area contributed by atoms with Gasteiger partial charge in [-0.1, -0.05) is 146 Å².